The molecule has 0 spiro atoms. The van der Waals surface area contributed by atoms with E-state index in [9.17, 15) is 18.4 Å². The van der Waals surface area contributed by atoms with Crippen molar-refractivity contribution in [3.8, 4) is 0 Å². The van der Waals surface area contributed by atoms with Gasteiger partial charge in [-0.15, -0.1) is 0 Å². The smallest absolute Gasteiger partial charge is 0.268 e. The first-order valence-corrected chi connectivity index (χ1v) is 7.79. The molecule has 1 aliphatic rings. The zero-order chi connectivity index (χ0) is 18.7. The highest BCUT2D eigenvalue weighted by Crippen LogP contribution is 2.22. The second-order valence-electron chi connectivity index (χ2n) is 5.71. The van der Waals surface area contributed by atoms with Gasteiger partial charge in [0.15, 0.2) is 0 Å². The molecule has 3 rings (SSSR count). The van der Waals surface area contributed by atoms with E-state index in [2.05, 4.69) is 15.8 Å². The van der Waals surface area contributed by atoms with Crippen molar-refractivity contribution in [2.75, 3.05) is 10.6 Å². The van der Waals surface area contributed by atoms with Crippen LogP contribution in [0.3, 0.4) is 0 Å². The van der Waals surface area contributed by atoms with E-state index in [0.29, 0.717) is 17.0 Å². The second-order valence-corrected chi connectivity index (χ2v) is 5.71. The van der Waals surface area contributed by atoms with Gasteiger partial charge < -0.3 is 15.5 Å². The molecule has 0 saturated carbocycles. The average Bonchev–Trinajstić information content (AvgIpc) is 3.08. The van der Waals surface area contributed by atoms with Crippen molar-refractivity contribution in [2.45, 2.75) is 19.4 Å². The molecule has 2 aromatic carbocycles. The monoisotopic (exact) mass is 359 g/mol. The van der Waals surface area contributed by atoms with Crippen molar-refractivity contribution >= 4 is 28.9 Å². The van der Waals surface area contributed by atoms with Crippen molar-refractivity contribution in [3.63, 3.8) is 0 Å². The van der Waals surface area contributed by atoms with E-state index >= 15 is 0 Å². The van der Waals surface area contributed by atoms with E-state index < -0.39 is 29.6 Å². The van der Waals surface area contributed by atoms with Crippen LogP contribution in [0, 0.1) is 11.6 Å². The Labute approximate surface area is 147 Å². The Morgan fingerprint density at radius 2 is 1.96 bits per heavy atom. The second kappa shape index (κ2) is 7.30. The fraction of sp³-hybridized carbons (Fsp3) is 0.167. The lowest BCUT2D eigenvalue weighted by Gasteiger charge is -2.11. The van der Waals surface area contributed by atoms with Crippen LogP contribution in [0.15, 0.2) is 47.6 Å². The maximum atomic E-state index is 13.6. The van der Waals surface area contributed by atoms with Gasteiger partial charge in [-0.25, -0.2) is 8.78 Å². The van der Waals surface area contributed by atoms with E-state index in [1.54, 1.807) is 12.1 Å². The normalized spacial score (nSPS) is 15.8. The third kappa shape index (κ3) is 4.02. The lowest BCUT2D eigenvalue weighted by Crippen LogP contribution is -2.28. The Morgan fingerprint density at radius 3 is 2.69 bits per heavy atom. The highest BCUT2D eigenvalue weighted by atomic mass is 19.1. The maximum absolute atomic E-state index is 13.6. The van der Waals surface area contributed by atoms with Crippen molar-refractivity contribution in [1.82, 2.24) is 0 Å². The summed E-state index contributed by atoms with van der Waals surface area (Å²) >= 11 is 0. The van der Waals surface area contributed by atoms with Crippen LogP contribution in [0.5, 0.6) is 0 Å². The van der Waals surface area contributed by atoms with Crippen molar-refractivity contribution in [1.29, 1.82) is 0 Å². The standard InChI is InChI=1S/C18H15F2N3O3/c1-10(24)21-16-8-13(5-6-14(16)20)22-18(25)17-9-15(23-26-17)11-3-2-4-12(19)7-11/h2-8,17H,9H2,1H3,(H,21,24)(H,22,25). The van der Waals surface area contributed by atoms with Gasteiger partial charge in [0, 0.05) is 24.6 Å². The highest BCUT2D eigenvalue weighted by molar-refractivity contribution is 6.06. The number of hydrogen-bond donors (Lipinski definition) is 2. The van der Waals surface area contributed by atoms with Gasteiger partial charge in [-0.1, -0.05) is 17.3 Å². The molecule has 134 valence electrons. The van der Waals surface area contributed by atoms with Gasteiger partial charge in [0.25, 0.3) is 5.91 Å². The summed E-state index contributed by atoms with van der Waals surface area (Å²) in [4.78, 5) is 28.5. The minimum absolute atomic E-state index is 0.0423. The molecule has 26 heavy (non-hydrogen) atoms. The topological polar surface area (TPSA) is 79.8 Å². The number of nitrogens with zero attached hydrogens (tertiary/aromatic N) is 1. The van der Waals surface area contributed by atoms with E-state index in [0.717, 1.165) is 6.07 Å². The molecule has 2 aromatic rings. The van der Waals surface area contributed by atoms with E-state index in [1.807, 2.05) is 0 Å². The Bertz CT molecular complexity index is 899. The number of nitrogens with one attached hydrogen (secondary N) is 2. The number of rotatable bonds is 4. The third-order valence-electron chi connectivity index (χ3n) is 3.66. The van der Waals surface area contributed by atoms with Gasteiger partial charge in [-0.3, -0.25) is 9.59 Å². The number of oxime groups is 1. The number of hydrogen-bond acceptors (Lipinski definition) is 4. The number of carbonyl (C=O) groups is 2. The molecule has 0 aliphatic carbocycles. The predicted octanol–water partition coefficient (Wildman–Crippen LogP) is 3.05. The summed E-state index contributed by atoms with van der Waals surface area (Å²) < 4.78 is 26.9. The number of benzene rings is 2. The molecule has 0 fully saturated rings. The van der Waals surface area contributed by atoms with Gasteiger partial charge in [0.2, 0.25) is 12.0 Å². The fourth-order valence-corrected chi connectivity index (χ4v) is 2.47. The minimum atomic E-state index is -0.887. The highest BCUT2D eigenvalue weighted by Gasteiger charge is 2.29. The lowest BCUT2D eigenvalue weighted by atomic mass is 10.0. The summed E-state index contributed by atoms with van der Waals surface area (Å²) in [5, 5.41) is 8.75. The summed E-state index contributed by atoms with van der Waals surface area (Å²) in [5.74, 6) is -1.94. The molecular weight excluding hydrogens is 344 g/mol. The van der Waals surface area contributed by atoms with Gasteiger partial charge >= 0.3 is 0 Å². The Morgan fingerprint density at radius 1 is 1.15 bits per heavy atom. The fourth-order valence-electron chi connectivity index (χ4n) is 2.47. The lowest BCUT2D eigenvalue weighted by molar-refractivity contribution is -0.125. The molecule has 0 aromatic heterocycles. The van der Waals surface area contributed by atoms with Crippen LogP contribution < -0.4 is 10.6 Å². The maximum Gasteiger partial charge on any atom is 0.268 e. The van der Waals surface area contributed by atoms with Gasteiger partial charge in [0.05, 0.1) is 11.4 Å². The molecular formula is C18H15F2N3O3. The Hall–Kier alpha value is -3.29. The molecule has 8 heteroatoms. The minimum Gasteiger partial charge on any atom is -0.382 e. The first-order chi connectivity index (χ1) is 12.4. The molecule has 1 atom stereocenters. The largest absolute Gasteiger partial charge is 0.382 e. The number of amides is 2. The predicted molar refractivity (Wildman–Crippen MR) is 91.8 cm³/mol. The summed E-state index contributed by atoms with van der Waals surface area (Å²) in [6.07, 6.45) is -0.711. The molecule has 0 bridgehead atoms. The van der Waals surface area contributed by atoms with E-state index in [4.69, 9.17) is 4.84 Å². The van der Waals surface area contributed by atoms with Crippen LogP contribution in [-0.2, 0) is 14.4 Å². The van der Waals surface area contributed by atoms with Crippen LogP contribution in [0.4, 0.5) is 20.2 Å². The van der Waals surface area contributed by atoms with Crippen LogP contribution in [0.25, 0.3) is 0 Å². The molecule has 2 amide bonds. The molecule has 2 N–H and O–H groups in total. The number of anilines is 2. The van der Waals surface area contributed by atoms with Crippen molar-refractivity contribution < 1.29 is 23.2 Å². The zero-order valence-corrected chi connectivity index (χ0v) is 13.8. The van der Waals surface area contributed by atoms with Gasteiger partial charge in [0.1, 0.15) is 11.6 Å². The summed E-state index contributed by atoms with van der Waals surface area (Å²) in [5.41, 5.74) is 1.25. The molecule has 1 unspecified atom stereocenters. The first-order valence-electron chi connectivity index (χ1n) is 7.79. The van der Waals surface area contributed by atoms with Crippen LogP contribution in [-0.4, -0.2) is 23.6 Å². The summed E-state index contributed by atoms with van der Waals surface area (Å²) in [7, 11) is 0. The zero-order valence-electron chi connectivity index (χ0n) is 13.8. The summed E-state index contributed by atoms with van der Waals surface area (Å²) in [6, 6.07) is 9.63. The van der Waals surface area contributed by atoms with Gasteiger partial charge in [-0.2, -0.15) is 0 Å². The molecule has 0 saturated heterocycles. The van der Waals surface area contributed by atoms with E-state index in [-0.39, 0.29) is 12.1 Å². The van der Waals surface area contributed by atoms with Crippen molar-refractivity contribution in [3.05, 3.63) is 59.7 Å². The van der Waals surface area contributed by atoms with E-state index in [1.165, 1.54) is 31.2 Å². The van der Waals surface area contributed by atoms with Crippen LogP contribution in [0.2, 0.25) is 0 Å². The number of carbonyl (C=O) groups excluding carboxylic acids is 2. The average molecular weight is 359 g/mol. The quantitative estimate of drug-likeness (QED) is 0.881. The molecule has 1 aliphatic heterocycles. The van der Waals surface area contributed by atoms with Crippen molar-refractivity contribution in [2.24, 2.45) is 5.16 Å². The molecule has 0 radical (unpaired) electrons. The Balaban J connectivity index is 1.66. The number of halogens is 2. The van der Waals surface area contributed by atoms with Crippen LogP contribution >= 0.6 is 0 Å². The summed E-state index contributed by atoms with van der Waals surface area (Å²) in [6.45, 7) is 1.25. The first kappa shape index (κ1) is 17.5. The van der Waals surface area contributed by atoms with Gasteiger partial charge in [-0.05, 0) is 30.3 Å². The molecule has 1 heterocycles. The Kier molecular flexibility index (Phi) is 4.92. The SMILES string of the molecule is CC(=O)Nc1cc(NC(=O)C2CC(c3cccc(F)c3)=NO2)ccc1F. The van der Waals surface area contributed by atoms with Crippen LogP contribution in [0.1, 0.15) is 18.9 Å². The third-order valence-corrected chi connectivity index (χ3v) is 3.66. The molecule has 6 nitrogen and oxygen atoms in total.